The van der Waals surface area contributed by atoms with Crippen LogP contribution in [0.4, 0.5) is 5.69 Å². The van der Waals surface area contributed by atoms with Gasteiger partial charge in [0.05, 0.1) is 6.54 Å². The van der Waals surface area contributed by atoms with Crippen molar-refractivity contribution in [3.63, 3.8) is 0 Å². The molecule has 2 amide bonds. The van der Waals surface area contributed by atoms with E-state index in [0.717, 1.165) is 0 Å². The van der Waals surface area contributed by atoms with Crippen molar-refractivity contribution in [3.05, 3.63) is 53.5 Å². The van der Waals surface area contributed by atoms with Gasteiger partial charge in [0.15, 0.2) is 5.76 Å². The van der Waals surface area contributed by atoms with E-state index in [4.69, 9.17) is 15.9 Å². The smallest absolute Gasteiger partial charge is 0.291 e. The molecule has 19 heavy (non-hydrogen) atoms. The lowest BCUT2D eigenvalue weighted by Gasteiger charge is -2.03. The van der Waals surface area contributed by atoms with Crippen LogP contribution in [0.5, 0.6) is 0 Å². The second-order valence-electron chi connectivity index (χ2n) is 3.87. The van der Waals surface area contributed by atoms with E-state index in [9.17, 15) is 9.59 Å². The zero-order valence-electron chi connectivity index (χ0n) is 10.1. The highest BCUT2D eigenvalue weighted by Gasteiger charge is 2.11. The van der Waals surface area contributed by atoms with Gasteiger partial charge in [-0.15, -0.1) is 0 Å². The van der Waals surface area contributed by atoms with Gasteiger partial charge in [0, 0.05) is 11.3 Å². The lowest BCUT2D eigenvalue weighted by molar-refractivity contribution is 0.0990. The molecule has 0 atom stereocenters. The average molecular weight is 259 g/mol. The van der Waals surface area contributed by atoms with Crippen molar-refractivity contribution in [2.24, 2.45) is 11.5 Å². The fourth-order valence-corrected chi connectivity index (χ4v) is 1.52. The standard InChI is InChI=1S/C13H13N3O3/c14-7-10-5-6-11(19-10)13(18)16-9-3-1-8(2-4-9)12(15)17/h1-6H,7,14H2,(H2,15,17)(H,16,18). The number of hydrogen-bond donors (Lipinski definition) is 3. The van der Waals surface area contributed by atoms with Crippen LogP contribution in [0.3, 0.4) is 0 Å². The Morgan fingerprint density at radius 3 is 2.32 bits per heavy atom. The number of amides is 2. The van der Waals surface area contributed by atoms with E-state index in [-0.39, 0.29) is 18.2 Å². The molecule has 0 unspecified atom stereocenters. The molecule has 6 heteroatoms. The van der Waals surface area contributed by atoms with E-state index in [2.05, 4.69) is 5.32 Å². The summed E-state index contributed by atoms with van der Waals surface area (Å²) in [4.78, 5) is 22.7. The third kappa shape index (κ3) is 2.99. The van der Waals surface area contributed by atoms with Crippen molar-refractivity contribution in [3.8, 4) is 0 Å². The Balaban J connectivity index is 2.08. The number of carbonyl (C=O) groups excluding carboxylic acids is 2. The summed E-state index contributed by atoms with van der Waals surface area (Å²) in [7, 11) is 0. The molecule has 1 aromatic heterocycles. The normalized spacial score (nSPS) is 10.2. The number of rotatable bonds is 4. The molecule has 0 bridgehead atoms. The van der Waals surface area contributed by atoms with E-state index in [1.54, 1.807) is 24.3 Å². The van der Waals surface area contributed by atoms with Crippen LogP contribution < -0.4 is 16.8 Å². The number of hydrogen-bond acceptors (Lipinski definition) is 4. The van der Waals surface area contributed by atoms with Crippen molar-refractivity contribution < 1.29 is 14.0 Å². The first kappa shape index (κ1) is 12.8. The second-order valence-corrected chi connectivity index (χ2v) is 3.87. The lowest BCUT2D eigenvalue weighted by atomic mass is 10.2. The minimum atomic E-state index is -0.517. The Morgan fingerprint density at radius 2 is 1.79 bits per heavy atom. The van der Waals surface area contributed by atoms with Crippen molar-refractivity contribution in [2.75, 3.05) is 5.32 Å². The van der Waals surface area contributed by atoms with Crippen molar-refractivity contribution >= 4 is 17.5 Å². The van der Waals surface area contributed by atoms with E-state index in [1.807, 2.05) is 0 Å². The highest BCUT2D eigenvalue weighted by molar-refractivity contribution is 6.02. The Bertz CT molecular complexity index is 602. The van der Waals surface area contributed by atoms with Gasteiger partial charge >= 0.3 is 0 Å². The summed E-state index contributed by atoms with van der Waals surface area (Å²) < 4.78 is 5.22. The summed E-state index contributed by atoms with van der Waals surface area (Å²) in [6.45, 7) is 0.237. The molecule has 98 valence electrons. The number of anilines is 1. The second kappa shape index (κ2) is 5.36. The predicted octanol–water partition coefficient (Wildman–Crippen LogP) is 1.09. The third-order valence-corrected chi connectivity index (χ3v) is 2.51. The van der Waals surface area contributed by atoms with Gasteiger partial charge < -0.3 is 21.2 Å². The Labute approximate surface area is 109 Å². The van der Waals surface area contributed by atoms with Crippen LogP contribution in [0.15, 0.2) is 40.8 Å². The third-order valence-electron chi connectivity index (χ3n) is 2.51. The first-order chi connectivity index (χ1) is 9.10. The molecule has 0 saturated carbocycles. The average Bonchev–Trinajstić information content (AvgIpc) is 2.88. The molecule has 0 aliphatic rings. The Kier molecular flexibility index (Phi) is 3.63. The molecule has 5 N–H and O–H groups in total. The zero-order chi connectivity index (χ0) is 13.8. The summed E-state index contributed by atoms with van der Waals surface area (Å²) in [5.41, 5.74) is 11.4. The molecule has 2 rings (SSSR count). The molecule has 0 fully saturated rings. The number of nitrogens with two attached hydrogens (primary N) is 2. The minimum Gasteiger partial charge on any atom is -0.455 e. The lowest BCUT2D eigenvalue weighted by Crippen LogP contribution is -2.13. The quantitative estimate of drug-likeness (QED) is 0.762. The summed E-state index contributed by atoms with van der Waals surface area (Å²) in [5, 5.41) is 2.64. The van der Waals surface area contributed by atoms with Crippen molar-refractivity contribution in [2.45, 2.75) is 6.54 Å². The van der Waals surface area contributed by atoms with Crippen LogP contribution in [-0.2, 0) is 6.54 Å². The van der Waals surface area contributed by atoms with Crippen molar-refractivity contribution in [1.29, 1.82) is 0 Å². The van der Waals surface area contributed by atoms with Gasteiger partial charge in [-0.25, -0.2) is 0 Å². The van der Waals surface area contributed by atoms with Crippen molar-refractivity contribution in [1.82, 2.24) is 0 Å². The number of benzene rings is 1. The van der Waals surface area contributed by atoms with Crippen LogP contribution in [0.25, 0.3) is 0 Å². The molecular formula is C13H13N3O3. The topological polar surface area (TPSA) is 111 Å². The summed E-state index contributed by atoms with van der Waals surface area (Å²) in [5.74, 6) is -0.184. The molecule has 6 nitrogen and oxygen atoms in total. The molecule has 0 aliphatic carbocycles. The van der Waals surface area contributed by atoms with Crippen LogP contribution in [-0.4, -0.2) is 11.8 Å². The largest absolute Gasteiger partial charge is 0.455 e. The number of primary amides is 1. The van der Waals surface area contributed by atoms with Crippen LogP contribution in [0.1, 0.15) is 26.7 Å². The van der Waals surface area contributed by atoms with Gasteiger partial charge in [-0.2, -0.15) is 0 Å². The first-order valence-corrected chi connectivity index (χ1v) is 5.60. The van der Waals surface area contributed by atoms with Crippen LogP contribution in [0.2, 0.25) is 0 Å². The summed E-state index contributed by atoms with van der Waals surface area (Å²) in [6.07, 6.45) is 0. The first-order valence-electron chi connectivity index (χ1n) is 5.60. The molecule has 0 saturated heterocycles. The van der Waals surface area contributed by atoms with E-state index in [1.165, 1.54) is 12.1 Å². The zero-order valence-corrected chi connectivity index (χ0v) is 10.1. The van der Waals surface area contributed by atoms with Gasteiger partial charge in [0.1, 0.15) is 5.76 Å². The molecule has 1 heterocycles. The SMILES string of the molecule is NCc1ccc(C(=O)Nc2ccc(C(N)=O)cc2)o1. The van der Waals surface area contributed by atoms with Gasteiger partial charge in [-0.1, -0.05) is 0 Å². The molecular weight excluding hydrogens is 246 g/mol. The van der Waals surface area contributed by atoms with Gasteiger partial charge in [-0.3, -0.25) is 9.59 Å². The van der Waals surface area contributed by atoms with E-state index >= 15 is 0 Å². The van der Waals surface area contributed by atoms with Crippen LogP contribution >= 0.6 is 0 Å². The molecule has 2 aromatic rings. The molecule has 0 radical (unpaired) electrons. The monoisotopic (exact) mass is 259 g/mol. The summed E-state index contributed by atoms with van der Waals surface area (Å²) in [6, 6.07) is 9.44. The number of carbonyl (C=O) groups is 2. The Hall–Kier alpha value is -2.60. The van der Waals surface area contributed by atoms with E-state index in [0.29, 0.717) is 17.0 Å². The maximum absolute atomic E-state index is 11.8. The highest BCUT2D eigenvalue weighted by atomic mass is 16.4. The van der Waals surface area contributed by atoms with Gasteiger partial charge in [-0.05, 0) is 36.4 Å². The van der Waals surface area contributed by atoms with Crippen LogP contribution in [0, 0.1) is 0 Å². The molecule has 1 aromatic carbocycles. The predicted molar refractivity (Wildman–Crippen MR) is 69.5 cm³/mol. The maximum atomic E-state index is 11.8. The number of furan rings is 1. The maximum Gasteiger partial charge on any atom is 0.291 e. The van der Waals surface area contributed by atoms with Gasteiger partial charge in [0.25, 0.3) is 5.91 Å². The highest BCUT2D eigenvalue weighted by Crippen LogP contribution is 2.13. The summed E-state index contributed by atoms with van der Waals surface area (Å²) >= 11 is 0. The van der Waals surface area contributed by atoms with E-state index < -0.39 is 5.91 Å². The Morgan fingerprint density at radius 1 is 1.11 bits per heavy atom. The fraction of sp³-hybridized carbons (Fsp3) is 0.0769. The number of nitrogens with one attached hydrogen (secondary N) is 1. The fourth-order valence-electron chi connectivity index (χ4n) is 1.52. The van der Waals surface area contributed by atoms with Gasteiger partial charge in [0.2, 0.25) is 5.91 Å². The minimum absolute atomic E-state index is 0.180. The molecule has 0 aliphatic heterocycles. The molecule has 0 spiro atoms.